The summed E-state index contributed by atoms with van der Waals surface area (Å²) in [4.78, 5) is 25.9. The zero-order chi connectivity index (χ0) is 30.3. The number of phenolic OH excluding ortho intramolecular Hbond substituents is 1. The Morgan fingerprint density at radius 3 is 2.64 bits per heavy atom. The maximum absolute atomic E-state index is 13.8. The van der Waals surface area contributed by atoms with Gasteiger partial charge >= 0.3 is 0 Å². The van der Waals surface area contributed by atoms with E-state index < -0.39 is 0 Å². The molecular weight excluding hydrogens is 552 g/mol. The van der Waals surface area contributed by atoms with Crippen molar-refractivity contribution >= 4 is 28.0 Å². The van der Waals surface area contributed by atoms with Crippen molar-refractivity contribution in [3.8, 4) is 40.3 Å². The molecule has 3 fully saturated rings. The summed E-state index contributed by atoms with van der Waals surface area (Å²) in [5.41, 5.74) is 5.51. The predicted molar refractivity (Wildman–Crippen MR) is 167 cm³/mol. The van der Waals surface area contributed by atoms with Crippen molar-refractivity contribution < 1.29 is 14.6 Å². The number of rotatable bonds is 6. The molecule has 3 aromatic heterocycles. The van der Waals surface area contributed by atoms with Crippen LogP contribution in [0.3, 0.4) is 0 Å². The standard InChI is InChI=1S/C35H34N6O3/c1-19-23-8-10-28(19)41(18-23)35(43)24-13-27-32(31(15-24)44-3)39(2)34(38-27)29-14-22-7-9-26(25-12-21(16-36)6-11-30(25)42)37-33(22)40(29)17-20-4-5-20/h6-7,9,11-15,19-20,23,28,42H,4-5,8,10,17-18H2,1-3H3/t19-,23?,28?/m1/s1. The monoisotopic (exact) mass is 586 g/mol. The summed E-state index contributed by atoms with van der Waals surface area (Å²) in [7, 11) is 3.63. The van der Waals surface area contributed by atoms with Crippen LogP contribution in [0.4, 0.5) is 0 Å². The Hall–Kier alpha value is -4.84. The minimum absolute atomic E-state index is 0.0553. The van der Waals surface area contributed by atoms with Crippen LogP contribution in [-0.4, -0.2) is 54.7 Å². The summed E-state index contributed by atoms with van der Waals surface area (Å²) < 4.78 is 10.1. The first-order valence-corrected chi connectivity index (χ1v) is 15.4. The Balaban J connectivity index is 1.25. The van der Waals surface area contributed by atoms with Gasteiger partial charge in [-0.25, -0.2) is 9.97 Å². The van der Waals surface area contributed by atoms with Crippen molar-refractivity contribution in [1.82, 2.24) is 24.0 Å². The lowest BCUT2D eigenvalue weighted by Crippen LogP contribution is -2.38. The van der Waals surface area contributed by atoms with E-state index in [1.54, 1.807) is 19.2 Å². The van der Waals surface area contributed by atoms with Gasteiger partial charge in [-0.15, -0.1) is 0 Å². The van der Waals surface area contributed by atoms with Crippen LogP contribution < -0.4 is 4.74 Å². The van der Waals surface area contributed by atoms with Gasteiger partial charge in [-0.3, -0.25) is 4.79 Å². The molecule has 2 aliphatic carbocycles. The number of likely N-dealkylation sites (tertiary alicyclic amines) is 1. The molecule has 222 valence electrons. The average Bonchev–Trinajstić information content (AvgIpc) is 3.44. The quantitative estimate of drug-likeness (QED) is 0.257. The fraction of sp³-hybridized carbons (Fsp3) is 0.371. The predicted octanol–water partition coefficient (Wildman–Crippen LogP) is 6.12. The number of fused-ring (bicyclic) bond motifs is 4. The van der Waals surface area contributed by atoms with Crippen LogP contribution in [0.5, 0.6) is 11.5 Å². The lowest BCUT2D eigenvalue weighted by molar-refractivity contribution is 0.0696. The highest BCUT2D eigenvalue weighted by molar-refractivity contribution is 6.00. The SMILES string of the molecule is COc1cc(C(=O)N2CC3CCC2[C@@H]3C)cc2nc(-c3cc4ccc(-c5cc(C#N)ccc5O)nc4n3CC3CC3)n(C)c12. The van der Waals surface area contributed by atoms with E-state index in [9.17, 15) is 15.2 Å². The summed E-state index contributed by atoms with van der Waals surface area (Å²) in [5.74, 6) is 3.25. The van der Waals surface area contributed by atoms with Crippen molar-refractivity contribution in [3.63, 3.8) is 0 Å². The second-order valence-electron chi connectivity index (χ2n) is 12.8. The number of phenols is 1. The van der Waals surface area contributed by atoms with Gasteiger partial charge < -0.3 is 23.9 Å². The van der Waals surface area contributed by atoms with Crippen LogP contribution in [0.1, 0.15) is 48.5 Å². The van der Waals surface area contributed by atoms with Gasteiger partial charge in [0.05, 0.1) is 35.6 Å². The van der Waals surface area contributed by atoms with Crippen molar-refractivity contribution in [2.24, 2.45) is 24.8 Å². The van der Waals surface area contributed by atoms with Crippen molar-refractivity contribution in [2.45, 2.75) is 45.2 Å². The molecule has 9 heteroatoms. The fourth-order valence-electron chi connectivity index (χ4n) is 7.54. The highest BCUT2D eigenvalue weighted by Gasteiger charge is 2.46. The number of amides is 1. The van der Waals surface area contributed by atoms with Crippen LogP contribution in [0.15, 0.2) is 48.5 Å². The molecule has 3 atom stereocenters. The highest BCUT2D eigenvalue weighted by atomic mass is 16.5. The number of aromatic hydroxyl groups is 1. The number of nitrogens with zero attached hydrogens (tertiary/aromatic N) is 6. The van der Waals surface area contributed by atoms with Gasteiger partial charge in [0.2, 0.25) is 0 Å². The normalized spacial score (nSPS) is 21.0. The largest absolute Gasteiger partial charge is 0.507 e. The van der Waals surface area contributed by atoms with E-state index in [0.29, 0.717) is 51.9 Å². The number of pyridine rings is 1. The molecule has 5 aromatic rings. The van der Waals surface area contributed by atoms with Gasteiger partial charge in [-0.05, 0) is 92.0 Å². The lowest BCUT2D eigenvalue weighted by Gasteiger charge is -2.27. The summed E-state index contributed by atoms with van der Waals surface area (Å²) in [6.07, 6.45) is 4.63. The third-order valence-electron chi connectivity index (χ3n) is 10.2. The minimum Gasteiger partial charge on any atom is -0.507 e. The molecule has 8 rings (SSSR count). The number of carbonyl (C=O) groups excluding carboxylic acids is 1. The van der Waals surface area contributed by atoms with E-state index in [-0.39, 0.29) is 11.7 Å². The molecule has 1 aliphatic heterocycles. The molecule has 1 amide bonds. The Morgan fingerprint density at radius 2 is 1.93 bits per heavy atom. The fourth-order valence-corrected chi connectivity index (χ4v) is 7.54. The number of methoxy groups -OCH3 is 1. The van der Waals surface area contributed by atoms with E-state index >= 15 is 0 Å². The molecule has 44 heavy (non-hydrogen) atoms. The third kappa shape index (κ3) is 4.08. The molecule has 4 heterocycles. The van der Waals surface area contributed by atoms with Gasteiger partial charge in [0, 0.05) is 42.7 Å². The van der Waals surface area contributed by atoms with E-state index in [4.69, 9.17) is 14.7 Å². The Bertz CT molecular complexity index is 2030. The lowest BCUT2D eigenvalue weighted by atomic mass is 10.0. The smallest absolute Gasteiger partial charge is 0.254 e. The number of benzene rings is 2. The van der Waals surface area contributed by atoms with Crippen molar-refractivity contribution in [3.05, 3.63) is 59.7 Å². The van der Waals surface area contributed by atoms with E-state index in [1.807, 2.05) is 35.9 Å². The van der Waals surface area contributed by atoms with Crippen LogP contribution in [-0.2, 0) is 13.6 Å². The maximum atomic E-state index is 13.8. The molecule has 1 saturated heterocycles. The van der Waals surface area contributed by atoms with E-state index in [0.717, 1.165) is 53.1 Å². The van der Waals surface area contributed by atoms with Crippen LogP contribution in [0.2, 0.25) is 0 Å². The third-order valence-corrected chi connectivity index (χ3v) is 10.2. The number of hydrogen-bond acceptors (Lipinski definition) is 6. The van der Waals surface area contributed by atoms with Gasteiger partial charge in [-0.2, -0.15) is 5.26 Å². The molecule has 2 aromatic carbocycles. The molecule has 1 N–H and O–H groups in total. The second kappa shape index (κ2) is 9.84. The molecule has 3 aliphatic rings. The summed E-state index contributed by atoms with van der Waals surface area (Å²) in [6.45, 7) is 3.90. The Morgan fingerprint density at radius 1 is 1.09 bits per heavy atom. The number of aryl methyl sites for hydroxylation is 1. The second-order valence-corrected chi connectivity index (χ2v) is 12.8. The zero-order valence-electron chi connectivity index (χ0n) is 25.1. The van der Waals surface area contributed by atoms with Crippen molar-refractivity contribution in [2.75, 3.05) is 13.7 Å². The average molecular weight is 587 g/mol. The van der Waals surface area contributed by atoms with Crippen molar-refractivity contribution in [1.29, 1.82) is 5.26 Å². The van der Waals surface area contributed by atoms with Gasteiger partial charge in [0.15, 0.2) is 5.82 Å². The van der Waals surface area contributed by atoms with Crippen LogP contribution in [0, 0.1) is 29.1 Å². The maximum Gasteiger partial charge on any atom is 0.254 e. The van der Waals surface area contributed by atoms with E-state index in [2.05, 4.69) is 28.5 Å². The molecule has 2 bridgehead atoms. The number of imidazole rings is 1. The number of hydrogen-bond donors (Lipinski definition) is 1. The number of carbonyl (C=O) groups is 1. The van der Waals surface area contributed by atoms with Gasteiger partial charge in [-0.1, -0.05) is 6.92 Å². The number of piperidine rings is 1. The topological polar surface area (TPSA) is 109 Å². The Labute approximate surface area is 255 Å². The first-order valence-electron chi connectivity index (χ1n) is 15.4. The summed E-state index contributed by atoms with van der Waals surface area (Å²) in [6, 6.07) is 17.0. The van der Waals surface area contributed by atoms with Gasteiger partial charge in [0.1, 0.15) is 22.7 Å². The van der Waals surface area contributed by atoms with Crippen LogP contribution in [0.25, 0.3) is 44.8 Å². The number of ether oxygens (including phenoxy) is 1. The summed E-state index contributed by atoms with van der Waals surface area (Å²) in [5, 5.41) is 21.0. The Kier molecular flexibility index (Phi) is 5.99. The first kappa shape index (κ1) is 26.8. The molecule has 0 spiro atoms. The highest BCUT2D eigenvalue weighted by Crippen LogP contribution is 2.44. The van der Waals surface area contributed by atoms with Crippen LogP contribution >= 0.6 is 0 Å². The summed E-state index contributed by atoms with van der Waals surface area (Å²) >= 11 is 0. The minimum atomic E-state index is 0.0553. The molecule has 2 unspecified atom stereocenters. The molecule has 0 radical (unpaired) electrons. The first-order chi connectivity index (χ1) is 21.3. The molecular formula is C35H34N6O3. The van der Waals surface area contributed by atoms with Gasteiger partial charge in [0.25, 0.3) is 5.91 Å². The number of aromatic nitrogens is 4. The zero-order valence-corrected chi connectivity index (χ0v) is 25.1. The molecule has 2 saturated carbocycles. The molecule has 9 nitrogen and oxygen atoms in total. The van der Waals surface area contributed by atoms with E-state index in [1.165, 1.54) is 25.3 Å². The number of nitriles is 1.